The highest BCUT2D eigenvalue weighted by atomic mass is 35.5. The molecular weight excluding hydrogens is 744 g/mol. The van der Waals surface area contributed by atoms with Crippen LogP contribution in [0.3, 0.4) is 0 Å². The summed E-state index contributed by atoms with van der Waals surface area (Å²) in [7, 11) is 2.12. The summed E-state index contributed by atoms with van der Waals surface area (Å²) in [6.07, 6.45) is 0.533. The number of likely N-dealkylation sites (N-methyl/N-ethyl adjacent to an activating group) is 1. The minimum Gasteiger partial charge on any atom is -0.495 e. The van der Waals surface area contributed by atoms with E-state index in [1.165, 1.54) is 12.3 Å². The van der Waals surface area contributed by atoms with E-state index in [0.29, 0.717) is 33.6 Å². The van der Waals surface area contributed by atoms with E-state index >= 15 is 0 Å². The summed E-state index contributed by atoms with van der Waals surface area (Å²) in [5, 5.41) is 14.2. The van der Waals surface area contributed by atoms with Crippen molar-refractivity contribution in [2.45, 2.75) is 44.2 Å². The Morgan fingerprint density at radius 3 is 2.65 bits per heavy atom. The van der Waals surface area contributed by atoms with Crippen LogP contribution in [0.15, 0.2) is 60.6 Å². The molecule has 2 aliphatic rings. The first-order valence-corrected chi connectivity index (χ1v) is 18.2. The van der Waals surface area contributed by atoms with Crippen LogP contribution in [-0.4, -0.2) is 104 Å². The molecule has 6 rings (SSSR count). The van der Waals surface area contributed by atoms with E-state index in [9.17, 15) is 23.1 Å². The number of carbonyl (C=O) groups is 1. The second kappa shape index (κ2) is 16.4. The van der Waals surface area contributed by atoms with Crippen LogP contribution in [0.1, 0.15) is 23.7 Å². The second-order valence-electron chi connectivity index (χ2n) is 12.7. The Labute approximate surface area is 312 Å². The molecule has 1 N–H and O–H groups in total. The van der Waals surface area contributed by atoms with Gasteiger partial charge in [-0.25, -0.2) is 9.78 Å². The zero-order valence-corrected chi connectivity index (χ0v) is 30.7. The summed E-state index contributed by atoms with van der Waals surface area (Å²) >= 11 is 14.8. The van der Waals surface area contributed by atoms with Crippen LogP contribution in [0.4, 0.5) is 13.2 Å². The van der Waals surface area contributed by atoms with Gasteiger partial charge in [-0.3, -0.25) is 9.58 Å². The Bertz CT molecular complexity index is 1950. The Kier molecular flexibility index (Phi) is 12.0. The van der Waals surface area contributed by atoms with E-state index < -0.39 is 30.2 Å². The number of hydrogen-bond acceptors (Lipinski definition) is 10. The molecule has 0 spiro atoms. The molecule has 0 amide bonds. The minimum atomic E-state index is -4.46. The lowest BCUT2D eigenvalue weighted by Gasteiger charge is -2.33. The molecule has 2 unspecified atom stereocenters. The number of rotatable bonds is 14. The number of piperazine rings is 1. The monoisotopic (exact) mass is 780 g/mol. The van der Waals surface area contributed by atoms with E-state index in [0.717, 1.165) is 54.5 Å². The quantitative estimate of drug-likeness (QED) is 0.112. The largest absolute Gasteiger partial charge is 0.495 e. The van der Waals surface area contributed by atoms with E-state index in [2.05, 4.69) is 31.3 Å². The molecule has 3 aromatic heterocycles. The number of aliphatic carboxylic acids is 1. The Balaban J connectivity index is 1.20. The number of allylic oxidation sites excluding steroid dienone is 4. The zero-order valence-electron chi connectivity index (χ0n) is 28.4. The first-order chi connectivity index (χ1) is 24.9. The summed E-state index contributed by atoms with van der Waals surface area (Å²) in [4.78, 5) is 21.6. The number of para-hydroxylation sites is 1. The maximum Gasteiger partial charge on any atom is 0.408 e. The summed E-state index contributed by atoms with van der Waals surface area (Å²) in [6.45, 7) is 5.80. The molecule has 1 fully saturated rings. The number of carboxylic acids is 1. The van der Waals surface area contributed by atoms with Gasteiger partial charge in [0.25, 0.3) is 0 Å². The standard InChI is InChI=1S/C35H37Cl2F3N6O5S/c1-21-24(7-8-26(31(21)36)49-16-15-45-13-11-44(2)12-14-45)29-30-28(18-41-32(29)37)52-43-33(30)51-27(34(47)48)17-22-5-3-4-6-25(22)50-19-23-9-10-42-46(23)20-35(38,39)40/h3-10,18,21,27,31H,11-17,19-20H2,1-2H3,(H,47,48)/t21?,27-,31?/m1/s1. The zero-order chi connectivity index (χ0) is 37.0. The number of fused-ring (bicyclic) bond motifs is 1. The predicted molar refractivity (Wildman–Crippen MR) is 192 cm³/mol. The van der Waals surface area contributed by atoms with E-state index in [1.807, 2.05) is 19.1 Å². The Hall–Kier alpha value is -3.89. The fraction of sp³-hybridized carbons (Fsp3) is 0.429. The number of alkyl halides is 4. The summed E-state index contributed by atoms with van der Waals surface area (Å²) in [5.41, 5.74) is 1.98. The van der Waals surface area contributed by atoms with Gasteiger partial charge in [-0.05, 0) is 47.9 Å². The van der Waals surface area contributed by atoms with Crippen molar-refractivity contribution in [1.82, 2.24) is 28.9 Å². The molecule has 11 nitrogen and oxygen atoms in total. The van der Waals surface area contributed by atoms with Crippen molar-refractivity contribution < 1.29 is 37.3 Å². The van der Waals surface area contributed by atoms with Crippen LogP contribution in [0, 0.1) is 5.92 Å². The fourth-order valence-electron chi connectivity index (χ4n) is 6.13. The summed E-state index contributed by atoms with van der Waals surface area (Å²) < 4.78 is 63.0. The van der Waals surface area contributed by atoms with Crippen molar-refractivity contribution in [2.75, 3.05) is 46.4 Å². The average molecular weight is 782 g/mol. The molecule has 4 heterocycles. The Morgan fingerprint density at radius 1 is 1.13 bits per heavy atom. The van der Waals surface area contributed by atoms with Crippen molar-refractivity contribution in [2.24, 2.45) is 5.92 Å². The van der Waals surface area contributed by atoms with E-state index in [-0.39, 0.29) is 41.4 Å². The number of ether oxygens (including phenoxy) is 3. The lowest BCUT2D eigenvalue weighted by Crippen LogP contribution is -2.45. The predicted octanol–water partition coefficient (Wildman–Crippen LogP) is 6.55. The van der Waals surface area contributed by atoms with Crippen molar-refractivity contribution in [3.05, 3.63) is 82.6 Å². The van der Waals surface area contributed by atoms with Crippen LogP contribution in [0.25, 0.3) is 15.7 Å². The number of pyridine rings is 1. The van der Waals surface area contributed by atoms with Crippen LogP contribution < -0.4 is 9.47 Å². The van der Waals surface area contributed by atoms with Gasteiger partial charge in [-0.2, -0.15) is 22.6 Å². The lowest BCUT2D eigenvalue weighted by atomic mass is 9.86. The number of benzene rings is 1. The number of hydrogen-bond donors (Lipinski definition) is 1. The van der Waals surface area contributed by atoms with Gasteiger partial charge in [0.1, 0.15) is 36.4 Å². The molecule has 3 atom stereocenters. The smallest absolute Gasteiger partial charge is 0.408 e. The molecule has 1 saturated heterocycles. The molecule has 278 valence electrons. The van der Waals surface area contributed by atoms with Gasteiger partial charge in [0.05, 0.1) is 21.2 Å². The molecule has 1 aliphatic heterocycles. The van der Waals surface area contributed by atoms with Crippen LogP contribution >= 0.6 is 34.7 Å². The van der Waals surface area contributed by atoms with Gasteiger partial charge in [-0.1, -0.05) is 42.8 Å². The maximum atomic E-state index is 13.0. The molecule has 0 radical (unpaired) electrons. The van der Waals surface area contributed by atoms with Gasteiger partial charge < -0.3 is 24.2 Å². The number of carboxylic acid groups (broad SMARTS) is 1. The molecule has 1 aliphatic carbocycles. The van der Waals surface area contributed by atoms with Gasteiger partial charge in [-0.15, -0.1) is 11.6 Å². The molecule has 0 bridgehead atoms. The number of nitrogens with zero attached hydrogens (tertiary/aromatic N) is 6. The van der Waals surface area contributed by atoms with Crippen LogP contribution in [0.2, 0.25) is 5.15 Å². The molecule has 1 aromatic carbocycles. The van der Waals surface area contributed by atoms with E-state index in [4.69, 9.17) is 37.4 Å². The summed E-state index contributed by atoms with van der Waals surface area (Å²) in [6, 6.07) is 8.08. The normalized spacial score (nSPS) is 19.3. The van der Waals surface area contributed by atoms with Gasteiger partial charge in [0.15, 0.2) is 0 Å². The van der Waals surface area contributed by atoms with Gasteiger partial charge >= 0.3 is 12.1 Å². The maximum absolute atomic E-state index is 13.0. The van der Waals surface area contributed by atoms with Gasteiger partial charge in [0.2, 0.25) is 12.0 Å². The van der Waals surface area contributed by atoms with E-state index in [1.54, 1.807) is 30.5 Å². The highest BCUT2D eigenvalue weighted by molar-refractivity contribution is 7.13. The first kappa shape index (κ1) is 37.9. The second-order valence-corrected chi connectivity index (χ2v) is 14.3. The highest BCUT2D eigenvalue weighted by Gasteiger charge is 2.33. The van der Waals surface area contributed by atoms with Crippen LogP contribution in [0.5, 0.6) is 11.6 Å². The molecule has 17 heteroatoms. The fourth-order valence-corrected chi connectivity index (χ4v) is 7.35. The number of aromatic nitrogens is 4. The van der Waals surface area contributed by atoms with Gasteiger partial charge in [0, 0.05) is 63.0 Å². The third-order valence-corrected chi connectivity index (χ3v) is 10.7. The SMILES string of the molecule is CC1C(c2c(Cl)ncc3snc(O[C@H](Cc4ccccc4OCc4ccnn4CC(F)(F)F)C(=O)O)c23)=CC=C(OCCN2CCN(C)CC2)C1Cl. The minimum absolute atomic E-state index is 0.0681. The first-order valence-electron chi connectivity index (χ1n) is 16.6. The molecule has 52 heavy (non-hydrogen) atoms. The Morgan fingerprint density at radius 2 is 1.90 bits per heavy atom. The van der Waals surface area contributed by atoms with Crippen molar-refractivity contribution >= 4 is 56.4 Å². The molecular formula is C35H37Cl2F3N6O5S. The highest BCUT2D eigenvalue weighted by Crippen LogP contribution is 2.44. The van der Waals surface area contributed by atoms with Crippen molar-refractivity contribution in [3.63, 3.8) is 0 Å². The molecule has 4 aromatic rings. The lowest BCUT2D eigenvalue weighted by molar-refractivity contribution is -0.145. The number of halogens is 5. The topological polar surface area (TPSA) is 115 Å². The summed E-state index contributed by atoms with van der Waals surface area (Å²) in [5.74, 6) is -0.503. The van der Waals surface area contributed by atoms with Crippen LogP contribution in [-0.2, 0) is 29.1 Å². The van der Waals surface area contributed by atoms with Crippen molar-refractivity contribution in [1.29, 1.82) is 0 Å². The molecule has 0 saturated carbocycles. The average Bonchev–Trinajstić information content (AvgIpc) is 3.72. The third-order valence-electron chi connectivity index (χ3n) is 9.04. The van der Waals surface area contributed by atoms with Crippen molar-refractivity contribution in [3.8, 4) is 11.6 Å². The third kappa shape index (κ3) is 9.00.